The molecule has 1 aromatic heterocycles. The van der Waals surface area contributed by atoms with Crippen LogP contribution in [-0.4, -0.2) is 9.97 Å². The van der Waals surface area contributed by atoms with E-state index in [1.165, 1.54) is 0 Å². The van der Waals surface area contributed by atoms with E-state index in [0.29, 0.717) is 17.7 Å². The Kier molecular flexibility index (Phi) is 0.874. The van der Waals surface area contributed by atoms with Gasteiger partial charge in [-0.3, -0.25) is 0 Å². The van der Waals surface area contributed by atoms with Gasteiger partial charge < -0.3 is 0 Å². The third-order valence-corrected chi connectivity index (χ3v) is 1.58. The summed E-state index contributed by atoms with van der Waals surface area (Å²) in [5, 5.41) is 0. The summed E-state index contributed by atoms with van der Waals surface area (Å²) in [4.78, 5) is 7.60. The van der Waals surface area contributed by atoms with Crippen molar-refractivity contribution in [1.29, 1.82) is 0 Å². The van der Waals surface area contributed by atoms with Gasteiger partial charge in [0.1, 0.15) is 5.82 Å². The summed E-state index contributed by atoms with van der Waals surface area (Å²) < 4.78 is 43.8. The Balaban J connectivity index is 3.50. The number of aryl methyl sites for hydroxylation is 3. The first-order valence-electron chi connectivity index (χ1n) is 6.46. The van der Waals surface area contributed by atoms with Crippen LogP contribution in [0.15, 0.2) is 0 Å². The zero-order valence-electron chi connectivity index (χ0n) is 12.6. The number of hydrogen-bond acceptors (Lipinski definition) is 2. The quantitative estimate of drug-likeness (QED) is 0.621. The molecule has 0 atom stereocenters. The fraction of sp³-hybridized carbons (Fsp3) is 0.556. The monoisotopic (exact) mass is 156 g/mol. The van der Waals surface area contributed by atoms with Crippen LogP contribution in [0.4, 0.5) is 0 Å². The second-order valence-electron chi connectivity index (χ2n) is 2.32. The lowest BCUT2D eigenvalue weighted by atomic mass is 10.1. The van der Waals surface area contributed by atoms with Gasteiger partial charge in [-0.15, -0.1) is 0 Å². The van der Waals surface area contributed by atoms with Gasteiger partial charge in [-0.2, -0.15) is 0 Å². The summed E-state index contributed by atoms with van der Waals surface area (Å²) in [5.41, 5.74) is 0.744. The predicted molar refractivity (Wildman–Crippen MR) is 45.6 cm³/mol. The molecule has 0 saturated heterocycles. The van der Waals surface area contributed by atoms with Gasteiger partial charge in [0, 0.05) is 19.6 Å². The van der Waals surface area contributed by atoms with Crippen LogP contribution in [-0.2, 0) is 6.42 Å². The molecule has 2 heteroatoms. The Morgan fingerprint density at radius 2 is 2.18 bits per heavy atom. The molecule has 0 N–H and O–H groups in total. The molecule has 11 heavy (non-hydrogen) atoms. The average Bonchev–Trinajstić information content (AvgIpc) is 2.14. The van der Waals surface area contributed by atoms with Crippen LogP contribution in [0.5, 0.6) is 0 Å². The van der Waals surface area contributed by atoms with Crippen molar-refractivity contribution in [1.82, 2.24) is 9.97 Å². The van der Waals surface area contributed by atoms with E-state index in [1.807, 2.05) is 0 Å². The lowest BCUT2D eigenvalue weighted by Gasteiger charge is -2.05. The van der Waals surface area contributed by atoms with Gasteiger partial charge in [0.05, 0.1) is 0 Å². The average molecular weight is 156 g/mol. The van der Waals surface area contributed by atoms with Crippen LogP contribution >= 0.6 is 0 Å². The predicted octanol–water partition coefficient (Wildman–Crippen LogP) is 1.96. The Morgan fingerprint density at radius 3 is 2.73 bits per heavy atom. The van der Waals surface area contributed by atoms with E-state index in [1.54, 1.807) is 13.8 Å². The van der Waals surface area contributed by atoms with Gasteiger partial charge in [0.2, 0.25) is 0 Å². The van der Waals surface area contributed by atoms with Crippen LogP contribution in [0.3, 0.4) is 0 Å². The molecule has 0 unspecified atom stereocenters. The molecule has 1 aromatic rings. The highest BCUT2D eigenvalue weighted by atomic mass is 14.9. The number of hydrogen-bond donors (Lipinski definition) is 0. The molecule has 0 aliphatic rings. The number of nitrogens with zero attached hydrogens (tertiary/aromatic N) is 2. The molecule has 0 bridgehead atoms. The van der Waals surface area contributed by atoms with Crippen LogP contribution in [0.2, 0.25) is 0 Å². The molecular weight excluding hydrogens is 136 g/mol. The standard InChI is InChI=1S/C9H14N2/c1-5-9-6(2)7(3)10-8(4)11-9/h5H2,1-4H3/i3D3,4D3. The van der Waals surface area contributed by atoms with Gasteiger partial charge >= 0.3 is 0 Å². The SMILES string of the molecule is [2H]C([2H])([2H])c1nc(CC)c(C)c(C([2H])([2H])[2H])n1. The lowest BCUT2D eigenvalue weighted by molar-refractivity contribution is 0.901. The molecule has 0 aliphatic heterocycles. The van der Waals surface area contributed by atoms with Crippen LogP contribution in [0, 0.1) is 20.6 Å². The van der Waals surface area contributed by atoms with E-state index in [2.05, 4.69) is 9.97 Å². The Labute approximate surface area is 76.1 Å². The first-order chi connectivity index (χ1) is 7.57. The first kappa shape index (κ1) is 3.21. The molecule has 0 amide bonds. The summed E-state index contributed by atoms with van der Waals surface area (Å²) in [6.45, 7) is -1.51. The largest absolute Gasteiger partial charge is 0.238 e. The summed E-state index contributed by atoms with van der Waals surface area (Å²) in [7, 11) is 0. The third-order valence-electron chi connectivity index (χ3n) is 1.58. The molecule has 60 valence electrons. The topological polar surface area (TPSA) is 25.8 Å². The Hall–Kier alpha value is -0.920. The van der Waals surface area contributed by atoms with E-state index < -0.39 is 19.5 Å². The zero-order chi connectivity index (χ0) is 13.4. The second-order valence-corrected chi connectivity index (χ2v) is 2.32. The van der Waals surface area contributed by atoms with Crippen molar-refractivity contribution in [2.75, 3.05) is 0 Å². The minimum Gasteiger partial charge on any atom is -0.238 e. The molecule has 0 aliphatic carbocycles. The van der Waals surface area contributed by atoms with Gasteiger partial charge in [-0.1, -0.05) is 6.92 Å². The number of aromatic nitrogens is 2. The molecular formula is C9H14N2. The summed E-state index contributed by atoms with van der Waals surface area (Å²) in [5.74, 6) is -0.397. The molecule has 1 heterocycles. The van der Waals surface area contributed by atoms with Crippen LogP contribution in [0.1, 0.15) is 37.9 Å². The molecule has 0 saturated carbocycles. The van der Waals surface area contributed by atoms with Crippen molar-refractivity contribution in [2.45, 2.75) is 34.0 Å². The highest BCUT2D eigenvalue weighted by molar-refractivity contribution is 5.22. The van der Waals surface area contributed by atoms with E-state index in [9.17, 15) is 0 Å². The molecule has 0 spiro atoms. The second kappa shape index (κ2) is 2.99. The molecule has 0 aromatic carbocycles. The minimum absolute atomic E-state index is 0.171. The first-order valence-corrected chi connectivity index (χ1v) is 3.46. The summed E-state index contributed by atoms with van der Waals surface area (Å²) in [6.07, 6.45) is 0.473. The fourth-order valence-corrected chi connectivity index (χ4v) is 0.907. The van der Waals surface area contributed by atoms with Gasteiger partial charge in [0.25, 0.3) is 0 Å². The van der Waals surface area contributed by atoms with Gasteiger partial charge in [-0.05, 0) is 32.6 Å². The van der Waals surface area contributed by atoms with E-state index >= 15 is 0 Å². The van der Waals surface area contributed by atoms with Crippen molar-refractivity contribution >= 4 is 0 Å². The van der Waals surface area contributed by atoms with Crippen LogP contribution < -0.4 is 0 Å². The Bertz CT molecular complexity index is 421. The van der Waals surface area contributed by atoms with E-state index in [4.69, 9.17) is 8.22 Å². The number of rotatable bonds is 1. The molecule has 2 nitrogen and oxygen atoms in total. The smallest absolute Gasteiger partial charge is 0.125 e. The fourth-order valence-electron chi connectivity index (χ4n) is 0.907. The van der Waals surface area contributed by atoms with E-state index in [-0.39, 0.29) is 5.69 Å². The maximum Gasteiger partial charge on any atom is 0.125 e. The summed E-state index contributed by atoms with van der Waals surface area (Å²) >= 11 is 0. The summed E-state index contributed by atoms with van der Waals surface area (Å²) in [6, 6.07) is 0. The van der Waals surface area contributed by atoms with E-state index in [0.717, 1.165) is 0 Å². The normalized spacial score (nSPS) is 20.5. The lowest BCUT2D eigenvalue weighted by Crippen LogP contribution is -2.00. The van der Waals surface area contributed by atoms with Gasteiger partial charge in [-0.25, -0.2) is 9.97 Å². The van der Waals surface area contributed by atoms with Crippen molar-refractivity contribution in [2.24, 2.45) is 0 Å². The van der Waals surface area contributed by atoms with Crippen LogP contribution in [0.25, 0.3) is 0 Å². The maximum absolute atomic E-state index is 7.35. The van der Waals surface area contributed by atoms with Crippen molar-refractivity contribution in [3.8, 4) is 0 Å². The minimum atomic E-state index is -2.49. The third kappa shape index (κ3) is 1.56. The molecule has 0 fully saturated rings. The zero-order valence-corrected chi connectivity index (χ0v) is 6.60. The Morgan fingerprint density at radius 1 is 1.36 bits per heavy atom. The van der Waals surface area contributed by atoms with Gasteiger partial charge in [0.15, 0.2) is 0 Å². The maximum atomic E-state index is 7.35. The van der Waals surface area contributed by atoms with Crippen molar-refractivity contribution in [3.05, 3.63) is 22.8 Å². The highest BCUT2D eigenvalue weighted by Gasteiger charge is 2.02. The molecule has 0 radical (unpaired) electrons. The van der Waals surface area contributed by atoms with Crippen molar-refractivity contribution in [3.63, 3.8) is 0 Å². The van der Waals surface area contributed by atoms with Crippen molar-refractivity contribution < 1.29 is 8.22 Å². The molecule has 1 rings (SSSR count). The highest BCUT2D eigenvalue weighted by Crippen LogP contribution is 2.08.